The molecule has 1 aliphatic heterocycles. The topological polar surface area (TPSA) is 29.3 Å². The highest BCUT2D eigenvalue weighted by molar-refractivity contribution is 5.78. The van der Waals surface area contributed by atoms with Crippen LogP contribution < -0.4 is 10.6 Å². The summed E-state index contributed by atoms with van der Waals surface area (Å²) in [6.45, 7) is 0.564. The van der Waals surface area contributed by atoms with Crippen LogP contribution in [0, 0.1) is 5.82 Å². The monoisotopic (exact) mass is 296 g/mol. The minimum absolute atomic E-state index is 0.0296. The summed E-state index contributed by atoms with van der Waals surface area (Å²) >= 11 is 0. The van der Waals surface area contributed by atoms with Crippen LogP contribution in [0.15, 0.2) is 36.4 Å². The van der Waals surface area contributed by atoms with E-state index < -0.39 is 11.7 Å². The second-order valence-electron chi connectivity index (χ2n) is 4.95. The zero-order chi connectivity index (χ0) is 15.2. The van der Waals surface area contributed by atoms with Crippen LogP contribution in [0.4, 0.5) is 34.6 Å². The van der Waals surface area contributed by atoms with Crippen LogP contribution in [0.25, 0.3) is 0 Å². The second kappa shape index (κ2) is 4.65. The number of nitrogens with two attached hydrogens (primary N) is 1. The lowest BCUT2D eigenvalue weighted by molar-refractivity contribution is -0.137. The first-order valence-electron chi connectivity index (χ1n) is 6.39. The lowest BCUT2D eigenvalue weighted by Crippen LogP contribution is -2.16. The Hall–Kier alpha value is -2.24. The zero-order valence-electron chi connectivity index (χ0n) is 10.9. The van der Waals surface area contributed by atoms with Crippen molar-refractivity contribution in [2.45, 2.75) is 12.6 Å². The fraction of sp³-hybridized carbons (Fsp3) is 0.200. The molecule has 0 fully saturated rings. The highest BCUT2D eigenvalue weighted by Crippen LogP contribution is 2.40. The molecule has 0 spiro atoms. The minimum Gasteiger partial charge on any atom is -0.397 e. The zero-order valence-corrected chi connectivity index (χ0v) is 10.9. The van der Waals surface area contributed by atoms with E-state index in [1.807, 2.05) is 0 Å². The number of alkyl halides is 3. The van der Waals surface area contributed by atoms with Gasteiger partial charge in [0.2, 0.25) is 0 Å². The highest BCUT2D eigenvalue weighted by Gasteiger charge is 2.31. The van der Waals surface area contributed by atoms with E-state index in [-0.39, 0.29) is 11.5 Å². The third kappa shape index (κ3) is 2.41. The third-order valence-corrected chi connectivity index (χ3v) is 3.59. The molecule has 0 aromatic heterocycles. The van der Waals surface area contributed by atoms with Gasteiger partial charge in [0.25, 0.3) is 0 Å². The van der Waals surface area contributed by atoms with Crippen LogP contribution in [0.5, 0.6) is 0 Å². The summed E-state index contributed by atoms with van der Waals surface area (Å²) < 4.78 is 51.3. The molecule has 1 heterocycles. The van der Waals surface area contributed by atoms with Gasteiger partial charge in [-0.2, -0.15) is 13.2 Å². The number of fused-ring (bicyclic) bond motifs is 1. The Bertz CT molecular complexity index is 695. The standard InChI is InChI=1S/C15H12F4N2/c16-11-3-1-9-5-6-21(14(9)8-11)13-4-2-10(7-12(13)20)15(17,18)19/h1-4,7-8H,5-6,20H2. The summed E-state index contributed by atoms with van der Waals surface area (Å²) in [5, 5.41) is 0. The van der Waals surface area contributed by atoms with Crippen molar-refractivity contribution in [2.75, 3.05) is 17.2 Å². The predicted molar refractivity (Wildman–Crippen MR) is 73.0 cm³/mol. The van der Waals surface area contributed by atoms with E-state index in [1.54, 1.807) is 11.0 Å². The van der Waals surface area contributed by atoms with E-state index in [0.717, 1.165) is 17.7 Å². The second-order valence-corrected chi connectivity index (χ2v) is 4.95. The van der Waals surface area contributed by atoms with Crippen molar-refractivity contribution in [2.24, 2.45) is 0 Å². The van der Waals surface area contributed by atoms with Gasteiger partial charge in [0.1, 0.15) is 5.82 Å². The van der Waals surface area contributed by atoms with Gasteiger partial charge in [-0.3, -0.25) is 0 Å². The third-order valence-electron chi connectivity index (χ3n) is 3.59. The Morgan fingerprint density at radius 1 is 1.00 bits per heavy atom. The van der Waals surface area contributed by atoms with Crippen LogP contribution in [0.1, 0.15) is 11.1 Å². The molecule has 1 aliphatic rings. The van der Waals surface area contributed by atoms with Crippen LogP contribution in [0.3, 0.4) is 0 Å². The van der Waals surface area contributed by atoms with Crippen molar-refractivity contribution < 1.29 is 17.6 Å². The maximum atomic E-state index is 13.4. The maximum absolute atomic E-state index is 13.4. The van der Waals surface area contributed by atoms with Gasteiger partial charge in [-0.1, -0.05) is 6.07 Å². The smallest absolute Gasteiger partial charge is 0.397 e. The van der Waals surface area contributed by atoms with E-state index >= 15 is 0 Å². The quantitative estimate of drug-likeness (QED) is 0.633. The molecule has 0 unspecified atom stereocenters. The lowest BCUT2D eigenvalue weighted by Gasteiger charge is -2.22. The van der Waals surface area contributed by atoms with Crippen molar-refractivity contribution in [1.29, 1.82) is 0 Å². The Labute approximate surface area is 118 Å². The molecule has 0 atom stereocenters. The molecule has 0 amide bonds. The molecule has 2 N–H and O–H groups in total. The highest BCUT2D eigenvalue weighted by atomic mass is 19.4. The maximum Gasteiger partial charge on any atom is 0.416 e. The first kappa shape index (κ1) is 13.7. The van der Waals surface area contributed by atoms with Crippen LogP contribution in [-0.2, 0) is 12.6 Å². The average molecular weight is 296 g/mol. The van der Waals surface area contributed by atoms with Crippen molar-refractivity contribution in [3.63, 3.8) is 0 Å². The SMILES string of the molecule is Nc1cc(C(F)(F)F)ccc1N1CCc2ccc(F)cc21. The van der Waals surface area contributed by atoms with Crippen LogP contribution in [0.2, 0.25) is 0 Å². The molecule has 3 rings (SSSR count). The summed E-state index contributed by atoms with van der Waals surface area (Å²) in [6.07, 6.45) is -3.72. The Kier molecular flexibility index (Phi) is 3.04. The molecule has 0 saturated carbocycles. The molecule has 0 radical (unpaired) electrons. The first-order valence-corrected chi connectivity index (χ1v) is 6.39. The molecule has 0 saturated heterocycles. The van der Waals surface area contributed by atoms with Crippen molar-refractivity contribution in [3.8, 4) is 0 Å². The number of anilines is 3. The number of rotatable bonds is 1. The summed E-state index contributed by atoms with van der Waals surface area (Å²) in [7, 11) is 0. The summed E-state index contributed by atoms with van der Waals surface area (Å²) in [5.41, 5.74) is 7.07. The number of hydrogen-bond acceptors (Lipinski definition) is 2. The average Bonchev–Trinajstić information content (AvgIpc) is 2.80. The van der Waals surface area contributed by atoms with Gasteiger partial charge in [-0.25, -0.2) is 4.39 Å². The predicted octanol–water partition coefficient (Wildman–Crippen LogP) is 4.12. The van der Waals surface area contributed by atoms with Crippen LogP contribution in [-0.4, -0.2) is 6.54 Å². The molecule has 2 aromatic carbocycles. The summed E-state index contributed by atoms with van der Waals surface area (Å²) in [5.74, 6) is -0.383. The first-order chi connectivity index (χ1) is 9.86. The molecule has 2 aromatic rings. The number of hydrogen-bond donors (Lipinski definition) is 1. The van der Waals surface area contributed by atoms with E-state index in [2.05, 4.69) is 0 Å². The summed E-state index contributed by atoms with van der Waals surface area (Å²) in [4.78, 5) is 1.74. The fourth-order valence-corrected chi connectivity index (χ4v) is 2.58. The normalized spacial score (nSPS) is 14.4. The van der Waals surface area contributed by atoms with E-state index in [1.165, 1.54) is 18.2 Å². The van der Waals surface area contributed by atoms with E-state index in [0.29, 0.717) is 24.3 Å². The minimum atomic E-state index is -4.43. The van der Waals surface area contributed by atoms with Crippen molar-refractivity contribution in [3.05, 3.63) is 53.3 Å². The molecule has 110 valence electrons. The van der Waals surface area contributed by atoms with Gasteiger partial charge in [0.15, 0.2) is 0 Å². The Morgan fingerprint density at radius 3 is 2.43 bits per heavy atom. The van der Waals surface area contributed by atoms with Gasteiger partial charge in [-0.15, -0.1) is 0 Å². The number of benzene rings is 2. The largest absolute Gasteiger partial charge is 0.416 e. The Balaban J connectivity index is 2.02. The molecule has 6 heteroatoms. The number of nitrogen functional groups attached to an aromatic ring is 1. The molecular weight excluding hydrogens is 284 g/mol. The van der Waals surface area contributed by atoms with Crippen molar-refractivity contribution in [1.82, 2.24) is 0 Å². The van der Waals surface area contributed by atoms with E-state index in [9.17, 15) is 17.6 Å². The summed E-state index contributed by atoms with van der Waals surface area (Å²) in [6, 6.07) is 7.66. The molecule has 0 bridgehead atoms. The van der Waals surface area contributed by atoms with Gasteiger partial charge in [0, 0.05) is 12.2 Å². The fourth-order valence-electron chi connectivity index (χ4n) is 2.58. The van der Waals surface area contributed by atoms with Crippen LogP contribution >= 0.6 is 0 Å². The Morgan fingerprint density at radius 2 is 1.76 bits per heavy atom. The van der Waals surface area contributed by atoms with E-state index in [4.69, 9.17) is 5.73 Å². The van der Waals surface area contributed by atoms with Gasteiger partial charge in [0.05, 0.1) is 16.9 Å². The molecule has 2 nitrogen and oxygen atoms in total. The molecule has 21 heavy (non-hydrogen) atoms. The van der Waals surface area contributed by atoms with Crippen molar-refractivity contribution >= 4 is 17.1 Å². The molecular formula is C15H12F4N2. The van der Waals surface area contributed by atoms with Gasteiger partial charge < -0.3 is 10.6 Å². The lowest BCUT2D eigenvalue weighted by atomic mass is 10.1. The van der Waals surface area contributed by atoms with Gasteiger partial charge >= 0.3 is 6.18 Å². The number of nitrogens with zero attached hydrogens (tertiary/aromatic N) is 1. The van der Waals surface area contributed by atoms with Gasteiger partial charge in [-0.05, 0) is 42.3 Å². The molecule has 0 aliphatic carbocycles. The number of halogens is 4.